The second kappa shape index (κ2) is 2.48. The smallest absolute Gasteiger partial charge is 0.332 e. The number of ether oxygens (including phenoxy) is 1. The fraction of sp³-hybridized carbons (Fsp3) is 0.429. The minimum Gasteiger partial charge on any atom is -0.481 e. The number of carboxylic acid groups (broad SMARTS) is 1. The van der Waals surface area contributed by atoms with Crippen LogP contribution in [-0.2, 0) is 14.3 Å². The molecule has 0 bridgehead atoms. The molecule has 0 aromatic carbocycles. The highest BCUT2D eigenvalue weighted by molar-refractivity contribution is 6.42. The molecule has 4 nitrogen and oxygen atoms in total. The SMILES string of the molecule is C=C1C(C(=O)O)C1(Cl)C(=O)OC. The van der Waals surface area contributed by atoms with E-state index >= 15 is 0 Å². The van der Waals surface area contributed by atoms with Gasteiger partial charge in [0.2, 0.25) is 0 Å². The normalized spacial score (nSPS) is 32.8. The van der Waals surface area contributed by atoms with Gasteiger partial charge in [-0.15, -0.1) is 11.6 Å². The highest BCUT2D eigenvalue weighted by atomic mass is 35.5. The van der Waals surface area contributed by atoms with Crippen molar-refractivity contribution in [3.8, 4) is 0 Å². The van der Waals surface area contributed by atoms with Crippen LogP contribution in [0.15, 0.2) is 12.2 Å². The zero-order valence-corrected chi connectivity index (χ0v) is 7.09. The van der Waals surface area contributed by atoms with Crippen LogP contribution in [0.3, 0.4) is 0 Å². The van der Waals surface area contributed by atoms with E-state index in [1.165, 1.54) is 0 Å². The van der Waals surface area contributed by atoms with Crippen LogP contribution in [0.2, 0.25) is 0 Å². The predicted molar refractivity (Wildman–Crippen MR) is 40.9 cm³/mol. The highest BCUT2D eigenvalue weighted by Gasteiger charge is 2.68. The van der Waals surface area contributed by atoms with Gasteiger partial charge in [-0.2, -0.15) is 0 Å². The number of methoxy groups -OCH3 is 1. The molecule has 1 N–H and O–H groups in total. The fourth-order valence-corrected chi connectivity index (χ4v) is 1.43. The lowest BCUT2D eigenvalue weighted by atomic mass is 10.3. The molecule has 1 aliphatic rings. The second-order valence-corrected chi connectivity index (χ2v) is 3.10. The molecule has 0 heterocycles. The molecule has 12 heavy (non-hydrogen) atoms. The van der Waals surface area contributed by atoms with E-state index in [1.54, 1.807) is 0 Å². The monoisotopic (exact) mass is 190 g/mol. The number of rotatable bonds is 2. The summed E-state index contributed by atoms with van der Waals surface area (Å²) in [6.07, 6.45) is 0. The molecule has 1 saturated carbocycles. The Morgan fingerprint density at radius 1 is 1.75 bits per heavy atom. The number of halogens is 1. The van der Waals surface area contributed by atoms with Crippen LogP contribution in [-0.4, -0.2) is 29.0 Å². The summed E-state index contributed by atoms with van der Waals surface area (Å²) in [5.74, 6) is -2.92. The molecule has 0 spiro atoms. The van der Waals surface area contributed by atoms with Crippen LogP contribution in [0.4, 0.5) is 0 Å². The molecule has 5 heteroatoms. The van der Waals surface area contributed by atoms with E-state index in [1.807, 2.05) is 0 Å². The summed E-state index contributed by atoms with van der Waals surface area (Å²) in [4.78, 5) is 19.9. The van der Waals surface area contributed by atoms with E-state index in [0.717, 1.165) is 7.11 Å². The summed E-state index contributed by atoms with van der Waals surface area (Å²) in [5, 5.41) is 8.55. The molecule has 1 aliphatic carbocycles. The van der Waals surface area contributed by atoms with E-state index in [9.17, 15) is 9.59 Å². The van der Waals surface area contributed by atoms with E-state index in [2.05, 4.69) is 11.3 Å². The third-order valence-electron chi connectivity index (χ3n) is 1.86. The number of carboxylic acids is 1. The number of carbonyl (C=O) groups excluding carboxylic acids is 1. The van der Waals surface area contributed by atoms with Gasteiger partial charge in [0.1, 0.15) is 5.92 Å². The largest absolute Gasteiger partial charge is 0.481 e. The molecule has 2 unspecified atom stereocenters. The van der Waals surface area contributed by atoms with Gasteiger partial charge < -0.3 is 9.84 Å². The Morgan fingerprint density at radius 2 is 2.25 bits per heavy atom. The lowest BCUT2D eigenvalue weighted by molar-refractivity contribution is -0.145. The fourth-order valence-electron chi connectivity index (χ4n) is 1.08. The molecule has 0 amide bonds. The lowest BCUT2D eigenvalue weighted by Gasteiger charge is -2.02. The summed E-state index contributed by atoms with van der Waals surface area (Å²) in [7, 11) is 1.15. The molecule has 0 saturated heterocycles. The third kappa shape index (κ3) is 0.914. The zero-order chi connectivity index (χ0) is 9.52. The molecule has 2 atom stereocenters. The average molecular weight is 191 g/mol. The number of esters is 1. The van der Waals surface area contributed by atoms with Crippen molar-refractivity contribution >= 4 is 23.5 Å². The van der Waals surface area contributed by atoms with Crippen molar-refractivity contribution in [2.45, 2.75) is 4.87 Å². The molecule has 66 valence electrons. The maximum absolute atomic E-state index is 10.9. The maximum Gasteiger partial charge on any atom is 0.332 e. The van der Waals surface area contributed by atoms with Crippen molar-refractivity contribution in [1.82, 2.24) is 0 Å². The van der Waals surface area contributed by atoms with Gasteiger partial charge in [-0.05, 0) is 5.57 Å². The number of hydrogen-bond acceptors (Lipinski definition) is 3. The summed E-state index contributed by atoms with van der Waals surface area (Å²) < 4.78 is 4.33. The Morgan fingerprint density at radius 3 is 2.50 bits per heavy atom. The zero-order valence-electron chi connectivity index (χ0n) is 6.33. The minimum absolute atomic E-state index is 0.184. The van der Waals surface area contributed by atoms with Crippen LogP contribution in [0.25, 0.3) is 0 Å². The Labute approximate surface area is 73.8 Å². The molecule has 0 aromatic heterocycles. The third-order valence-corrected chi connectivity index (χ3v) is 2.47. The number of aliphatic carboxylic acids is 1. The van der Waals surface area contributed by atoms with Gasteiger partial charge >= 0.3 is 11.9 Å². The van der Waals surface area contributed by atoms with Crippen molar-refractivity contribution < 1.29 is 19.4 Å². The van der Waals surface area contributed by atoms with E-state index < -0.39 is 22.7 Å². The van der Waals surface area contributed by atoms with Crippen LogP contribution in [0, 0.1) is 5.92 Å². The number of hydrogen-bond donors (Lipinski definition) is 1. The van der Waals surface area contributed by atoms with Crippen LogP contribution in [0.5, 0.6) is 0 Å². The molecule has 1 rings (SSSR count). The van der Waals surface area contributed by atoms with E-state index in [4.69, 9.17) is 16.7 Å². The second-order valence-electron chi connectivity index (χ2n) is 2.50. The van der Waals surface area contributed by atoms with Crippen molar-refractivity contribution in [1.29, 1.82) is 0 Å². The van der Waals surface area contributed by atoms with E-state index in [0.29, 0.717) is 0 Å². The van der Waals surface area contributed by atoms with Gasteiger partial charge in [0, 0.05) is 0 Å². The van der Waals surface area contributed by atoms with Crippen molar-refractivity contribution in [2.75, 3.05) is 7.11 Å². The quantitative estimate of drug-likeness (QED) is 0.389. The standard InChI is InChI=1S/C7H7ClO4/c1-3-4(5(9)10)7(3,8)6(11)12-2/h4H,1H2,2H3,(H,9,10). The first-order valence-corrected chi connectivity index (χ1v) is 3.53. The minimum atomic E-state index is -1.53. The van der Waals surface area contributed by atoms with Gasteiger partial charge in [-0.3, -0.25) is 4.79 Å². The van der Waals surface area contributed by atoms with Crippen molar-refractivity contribution in [2.24, 2.45) is 5.92 Å². The number of alkyl halides is 1. The highest BCUT2D eigenvalue weighted by Crippen LogP contribution is 2.55. The summed E-state index contributed by atoms with van der Waals surface area (Å²) in [6, 6.07) is 0. The van der Waals surface area contributed by atoms with Crippen LogP contribution >= 0.6 is 11.6 Å². The Balaban J connectivity index is 2.86. The average Bonchev–Trinajstić information content (AvgIpc) is 2.55. The van der Waals surface area contributed by atoms with Gasteiger partial charge in [0.25, 0.3) is 0 Å². The van der Waals surface area contributed by atoms with Crippen molar-refractivity contribution in [3.63, 3.8) is 0 Å². The lowest BCUT2D eigenvalue weighted by Crippen LogP contribution is -2.23. The van der Waals surface area contributed by atoms with E-state index in [-0.39, 0.29) is 5.57 Å². The molecule has 0 aromatic rings. The Kier molecular flexibility index (Phi) is 1.88. The Hall–Kier alpha value is -1.03. The molecular formula is C7H7ClO4. The Bertz CT molecular complexity index is 273. The topological polar surface area (TPSA) is 63.6 Å². The van der Waals surface area contributed by atoms with Gasteiger partial charge in [0.15, 0.2) is 4.87 Å². The summed E-state index contributed by atoms with van der Waals surface area (Å²) in [5.41, 5.74) is 0.184. The predicted octanol–water partition coefficient (Wildman–Crippen LogP) is 0.408. The maximum atomic E-state index is 10.9. The van der Waals surface area contributed by atoms with Crippen LogP contribution in [0.1, 0.15) is 0 Å². The molecule has 0 aliphatic heterocycles. The van der Waals surface area contributed by atoms with Crippen molar-refractivity contribution in [3.05, 3.63) is 12.2 Å². The van der Waals surface area contributed by atoms with Gasteiger partial charge in [0.05, 0.1) is 7.11 Å². The molecule has 0 radical (unpaired) electrons. The first-order valence-electron chi connectivity index (χ1n) is 3.15. The first kappa shape index (κ1) is 9.06. The molecular weight excluding hydrogens is 184 g/mol. The van der Waals surface area contributed by atoms with Crippen LogP contribution < -0.4 is 0 Å². The molecule has 1 fully saturated rings. The first-order chi connectivity index (χ1) is 5.46. The number of carbonyl (C=O) groups is 2. The summed E-state index contributed by atoms with van der Waals surface area (Å²) >= 11 is 5.65. The van der Waals surface area contributed by atoms with Gasteiger partial charge in [-0.25, -0.2) is 4.79 Å². The summed E-state index contributed by atoms with van der Waals surface area (Å²) in [6.45, 7) is 3.38. The van der Waals surface area contributed by atoms with Gasteiger partial charge in [-0.1, -0.05) is 6.58 Å².